The van der Waals surface area contributed by atoms with E-state index in [0.717, 1.165) is 16.8 Å². The van der Waals surface area contributed by atoms with Crippen molar-refractivity contribution in [3.63, 3.8) is 0 Å². The van der Waals surface area contributed by atoms with Crippen molar-refractivity contribution in [2.45, 2.75) is 0 Å². The standard InChI is InChI=1S/C11H13N3/c1-3-9-4-5-11(14-7-9)10(6-12)8-13-2/h3-8H,1,12H2,2H3/b10-6+,13-8?. The molecule has 0 spiro atoms. The lowest BCUT2D eigenvalue weighted by molar-refractivity contribution is 1.27. The molecule has 1 heterocycles. The third-order valence-electron chi connectivity index (χ3n) is 1.77. The van der Waals surface area contributed by atoms with Crippen molar-refractivity contribution < 1.29 is 0 Å². The maximum atomic E-state index is 5.45. The molecule has 0 aliphatic rings. The van der Waals surface area contributed by atoms with Gasteiger partial charge in [0.05, 0.1) is 5.69 Å². The number of pyridine rings is 1. The molecule has 2 N–H and O–H groups in total. The van der Waals surface area contributed by atoms with Gasteiger partial charge < -0.3 is 5.73 Å². The molecule has 0 aromatic carbocycles. The van der Waals surface area contributed by atoms with E-state index in [-0.39, 0.29) is 0 Å². The minimum Gasteiger partial charge on any atom is -0.404 e. The first-order valence-electron chi connectivity index (χ1n) is 4.24. The van der Waals surface area contributed by atoms with Crippen molar-refractivity contribution >= 4 is 17.9 Å². The number of aromatic nitrogens is 1. The molecule has 14 heavy (non-hydrogen) atoms. The summed E-state index contributed by atoms with van der Waals surface area (Å²) in [7, 11) is 1.70. The summed E-state index contributed by atoms with van der Waals surface area (Å²) in [4.78, 5) is 8.12. The molecule has 1 aromatic heterocycles. The second-order valence-electron chi connectivity index (χ2n) is 2.69. The Morgan fingerprint density at radius 1 is 1.57 bits per heavy atom. The molecule has 1 rings (SSSR count). The number of aliphatic imine (C=N–C) groups is 1. The highest BCUT2D eigenvalue weighted by Crippen LogP contribution is 2.09. The van der Waals surface area contributed by atoms with Gasteiger partial charge in [0, 0.05) is 31.2 Å². The maximum Gasteiger partial charge on any atom is 0.0732 e. The van der Waals surface area contributed by atoms with E-state index >= 15 is 0 Å². The van der Waals surface area contributed by atoms with Gasteiger partial charge in [-0.15, -0.1) is 0 Å². The molecule has 0 aliphatic heterocycles. The van der Waals surface area contributed by atoms with Gasteiger partial charge in [-0.25, -0.2) is 0 Å². The summed E-state index contributed by atoms with van der Waals surface area (Å²) in [6, 6.07) is 3.82. The summed E-state index contributed by atoms with van der Waals surface area (Å²) in [5.74, 6) is 0. The van der Waals surface area contributed by atoms with Crippen LogP contribution in [-0.4, -0.2) is 18.2 Å². The Balaban J connectivity index is 3.01. The Hall–Kier alpha value is -1.90. The van der Waals surface area contributed by atoms with Gasteiger partial charge in [-0.2, -0.15) is 0 Å². The van der Waals surface area contributed by atoms with Crippen LogP contribution in [0.4, 0.5) is 0 Å². The summed E-state index contributed by atoms with van der Waals surface area (Å²) in [5, 5.41) is 0. The molecule has 0 amide bonds. The summed E-state index contributed by atoms with van der Waals surface area (Å²) in [6.45, 7) is 3.66. The van der Waals surface area contributed by atoms with Gasteiger partial charge in [0.2, 0.25) is 0 Å². The molecule has 0 aliphatic carbocycles. The number of hydrogen-bond acceptors (Lipinski definition) is 3. The number of nitrogens with two attached hydrogens (primary N) is 1. The number of hydrogen-bond donors (Lipinski definition) is 1. The lowest BCUT2D eigenvalue weighted by Crippen LogP contribution is -1.94. The van der Waals surface area contributed by atoms with Gasteiger partial charge in [-0.05, 0) is 11.6 Å². The summed E-state index contributed by atoms with van der Waals surface area (Å²) in [6.07, 6.45) is 6.66. The first kappa shape index (κ1) is 10.2. The third-order valence-corrected chi connectivity index (χ3v) is 1.77. The fourth-order valence-electron chi connectivity index (χ4n) is 1.03. The first-order chi connectivity index (χ1) is 6.81. The summed E-state index contributed by atoms with van der Waals surface area (Å²) in [5.41, 5.74) is 8.05. The fourth-order valence-corrected chi connectivity index (χ4v) is 1.03. The Morgan fingerprint density at radius 2 is 2.36 bits per heavy atom. The van der Waals surface area contributed by atoms with E-state index in [0.29, 0.717) is 0 Å². The first-order valence-corrected chi connectivity index (χ1v) is 4.24. The number of rotatable bonds is 3. The van der Waals surface area contributed by atoms with E-state index in [4.69, 9.17) is 5.73 Å². The number of nitrogens with zero attached hydrogens (tertiary/aromatic N) is 2. The molecule has 0 atom stereocenters. The van der Waals surface area contributed by atoms with Crippen molar-refractivity contribution in [3.05, 3.63) is 42.4 Å². The molecule has 72 valence electrons. The maximum absolute atomic E-state index is 5.45. The largest absolute Gasteiger partial charge is 0.404 e. The highest BCUT2D eigenvalue weighted by molar-refractivity contribution is 6.08. The Kier molecular flexibility index (Phi) is 3.61. The van der Waals surface area contributed by atoms with Crippen molar-refractivity contribution in [1.82, 2.24) is 4.98 Å². The predicted octanol–water partition coefficient (Wildman–Crippen LogP) is 1.72. The van der Waals surface area contributed by atoms with E-state index < -0.39 is 0 Å². The molecular weight excluding hydrogens is 174 g/mol. The second kappa shape index (κ2) is 4.97. The molecule has 1 aromatic rings. The summed E-state index contributed by atoms with van der Waals surface area (Å²) < 4.78 is 0. The van der Waals surface area contributed by atoms with Crippen LogP contribution in [0.5, 0.6) is 0 Å². The van der Waals surface area contributed by atoms with Crippen LogP contribution in [0.25, 0.3) is 11.6 Å². The average Bonchev–Trinajstić information content (AvgIpc) is 2.26. The lowest BCUT2D eigenvalue weighted by Gasteiger charge is -2.00. The Bertz CT molecular complexity index is 361. The van der Waals surface area contributed by atoms with Crippen molar-refractivity contribution in [1.29, 1.82) is 0 Å². The van der Waals surface area contributed by atoms with Crippen LogP contribution >= 0.6 is 0 Å². The van der Waals surface area contributed by atoms with Crippen molar-refractivity contribution in [3.8, 4) is 0 Å². The van der Waals surface area contributed by atoms with E-state index in [1.54, 1.807) is 25.5 Å². The van der Waals surface area contributed by atoms with Gasteiger partial charge in [0.1, 0.15) is 0 Å². The average molecular weight is 187 g/mol. The van der Waals surface area contributed by atoms with Crippen LogP contribution in [0.2, 0.25) is 0 Å². The zero-order chi connectivity index (χ0) is 10.4. The minimum atomic E-state index is 0.808. The topological polar surface area (TPSA) is 51.3 Å². The molecule has 3 heteroatoms. The van der Waals surface area contributed by atoms with Crippen LogP contribution in [0, 0.1) is 0 Å². The van der Waals surface area contributed by atoms with Gasteiger partial charge in [0.15, 0.2) is 0 Å². The molecule has 0 fully saturated rings. The molecular formula is C11H13N3. The minimum absolute atomic E-state index is 0.808. The Morgan fingerprint density at radius 3 is 2.79 bits per heavy atom. The zero-order valence-electron chi connectivity index (χ0n) is 8.14. The van der Waals surface area contributed by atoms with Crippen LogP contribution < -0.4 is 5.73 Å². The van der Waals surface area contributed by atoms with E-state index in [1.165, 1.54) is 6.20 Å². The number of allylic oxidation sites excluding steroid dienone is 1. The van der Waals surface area contributed by atoms with Gasteiger partial charge in [-0.3, -0.25) is 9.98 Å². The quantitative estimate of drug-likeness (QED) is 0.732. The van der Waals surface area contributed by atoms with Crippen molar-refractivity contribution in [2.24, 2.45) is 10.7 Å². The van der Waals surface area contributed by atoms with Crippen LogP contribution in [0.3, 0.4) is 0 Å². The van der Waals surface area contributed by atoms with Crippen LogP contribution in [-0.2, 0) is 0 Å². The van der Waals surface area contributed by atoms with E-state index in [9.17, 15) is 0 Å². The predicted molar refractivity (Wildman–Crippen MR) is 60.9 cm³/mol. The molecule has 0 radical (unpaired) electrons. The second-order valence-corrected chi connectivity index (χ2v) is 2.69. The highest BCUT2D eigenvalue weighted by atomic mass is 14.7. The molecule has 0 saturated carbocycles. The monoisotopic (exact) mass is 187 g/mol. The van der Waals surface area contributed by atoms with Gasteiger partial charge in [-0.1, -0.05) is 18.7 Å². The van der Waals surface area contributed by atoms with E-state index in [2.05, 4.69) is 16.6 Å². The van der Waals surface area contributed by atoms with Crippen LogP contribution in [0.1, 0.15) is 11.3 Å². The normalized spacial score (nSPS) is 11.9. The zero-order valence-corrected chi connectivity index (χ0v) is 8.14. The fraction of sp³-hybridized carbons (Fsp3) is 0.0909. The molecule has 0 unspecified atom stereocenters. The van der Waals surface area contributed by atoms with Crippen molar-refractivity contribution in [2.75, 3.05) is 7.05 Å². The van der Waals surface area contributed by atoms with Crippen LogP contribution in [0.15, 0.2) is 36.1 Å². The molecule has 0 bridgehead atoms. The van der Waals surface area contributed by atoms with Gasteiger partial charge >= 0.3 is 0 Å². The molecule has 3 nitrogen and oxygen atoms in total. The summed E-state index contributed by atoms with van der Waals surface area (Å²) >= 11 is 0. The highest BCUT2D eigenvalue weighted by Gasteiger charge is 1.98. The Labute approximate surface area is 83.7 Å². The molecule has 0 saturated heterocycles. The third kappa shape index (κ3) is 2.29. The van der Waals surface area contributed by atoms with E-state index in [1.807, 2.05) is 12.1 Å². The smallest absolute Gasteiger partial charge is 0.0732 e. The SMILES string of the molecule is C=Cc1ccc(/C(C=NC)=C/N)nc1. The lowest BCUT2D eigenvalue weighted by atomic mass is 10.1. The van der Waals surface area contributed by atoms with Gasteiger partial charge in [0.25, 0.3) is 0 Å².